The van der Waals surface area contributed by atoms with Gasteiger partial charge in [-0.2, -0.15) is 0 Å². The minimum atomic E-state index is -0.873. The van der Waals surface area contributed by atoms with Crippen molar-refractivity contribution in [1.82, 2.24) is 15.6 Å². The third-order valence-electron chi connectivity index (χ3n) is 3.53. The molecule has 0 saturated heterocycles. The van der Waals surface area contributed by atoms with E-state index < -0.39 is 11.5 Å². The molecule has 0 spiro atoms. The number of aromatic nitrogens is 1. The van der Waals surface area contributed by atoms with Gasteiger partial charge in [0.25, 0.3) is 0 Å². The fourth-order valence-electron chi connectivity index (χ4n) is 2.63. The lowest BCUT2D eigenvalue weighted by atomic mass is 9.93. The van der Waals surface area contributed by atoms with Gasteiger partial charge in [0.05, 0.1) is 29.2 Å². The molecule has 0 unspecified atom stereocenters. The normalized spacial score (nSPS) is 16.9. The van der Waals surface area contributed by atoms with Gasteiger partial charge in [-0.3, -0.25) is 4.79 Å². The smallest absolute Gasteiger partial charge is 0.315 e. The van der Waals surface area contributed by atoms with Crippen LogP contribution in [0, 0.1) is 6.92 Å². The Labute approximate surface area is 121 Å². The molecule has 6 nitrogen and oxygen atoms in total. The highest BCUT2D eigenvalue weighted by molar-refractivity contribution is 7.09. The van der Waals surface area contributed by atoms with Gasteiger partial charge in [-0.25, -0.2) is 9.78 Å². The number of aliphatic carboxylic acids is 1. The summed E-state index contributed by atoms with van der Waals surface area (Å²) in [7, 11) is 0. The number of carboxylic acids is 1. The minimum Gasteiger partial charge on any atom is -0.481 e. The van der Waals surface area contributed by atoms with E-state index >= 15 is 0 Å². The van der Waals surface area contributed by atoms with Crippen LogP contribution >= 0.6 is 11.3 Å². The monoisotopic (exact) mass is 297 g/mol. The predicted octanol–water partition coefficient (Wildman–Crippen LogP) is 2.04. The van der Waals surface area contributed by atoms with Crippen molar-refractivity contribution in [3.8, 4) is 0 Å². The maximum absolute atomic E-state index is 11.9. The van der Waals surface area contributed by atoms with E-state index in [1.807, 2.05) is 12.3 Å². The SMILES string of the molecule is Cc1nc(CNC(=O)NC2(CC(=O)O)CCCC2)cs1. The zero-order chi connectivity index (χ0) is 14.6. The highest BCUT2D eigenvalue weighted by atomic mass is 32.1. The van der Waals surface area contributed by atoms with Crippen LogP contribution in [-0.4, -0.2) is 27.6 Å². The van der Waals surface area contributed by atoms with Crippen molar-refractivity contribution in [3.05, 3.63) is 16.1 Å². The van der Waals surface area contributed by atoms with Crippen molar-refractivity contribution in [2.75, 3.05) is 0 Å². The second kappa shape index (κ2) is 6.21. The second-order valence-corrected chi connectivity index (χ2v) is 6.29. The number of amides is 2. The van der Waals surface area contributed by atoms with Gasteiger partial charge in [0.1, 0.15) is 0 Å². The summed E-state index contributed by atoms with van der Waals surface area (Å²) in [4.78, 5) is 27.1. The summed E-state index contributed by atoms with van der Waals surface area (Å²) in [5, 5.41) is 17.4. The van der Waals surface area contributed by atoms with Gasteiger partial charge in [0.2, 0.25) is 0 Å². The molecule has 1 aromatic heterocycles. The van der Waals surface area contributed by atoms with Gasteiger partial charge in [-0.05, 0) is 19.8 Å². The third kappa shape index (κ3) is 3.93. The zero-order valence-electron chi connectivity index (χ0n) is 11.4. The Morgan fingerprint density at radius 2 is 2.15 bits per heavy atom. The Hall–Kier alpha value is -1.63. The number of carbonyl (C=O) groups is 2. The fraction of sp³-hybridized carbons (Fsp3) is 0.615. The number of carbonyl (C=O) groups excluding carboxylic acids is 1. The Morgan fingerprint density at radius 1 is 1.45 bits per heavy atom. The number of nitrogens with one attached hydrogen (secondary N) is 2. The molecule has 1 heterocycles. The van der Waals surface area contributed by atoms with E-state index in [-0.39, 0.29) is 12.5 Å². The lowest BCUT2D eigenvalue weighted by Gasteiger charge is -2.28. The summed E-state index contributed by atoms with van der Waals surface area (Å²) < 4.78 is 0. The first-order chi connectivity index (χ1) is 9.49. The van der Waals surface area contributed by atoms with Crippen LogP contribution in [0.25, 0.3) is 0 Å². The van der Waals surface area contributed by atoms with E-state index in [9.17, 15) is 9.59 Å². The zero-order valence-corrected chi connectivity index (χ0v) is 12.3. The first kappa shape index (κ1) is 14.8. The van der Waals surface area contributed by atoms with E-state index in [1.165, 1.54) is 11.3 Å². The maximum Gasteiger partial charge on any atom is 0.315 e. The van der Waals surface area contributed by atoms with Crippen LogP contribution in [0.2, 0.25) is 0 Å². The molecular formula is C13H19N3O3S. The molecule has 0 atom stereocenters. The summed E-state index contributed by atoms with van der Waals surface area (Å²) in [6, 6.07) is -0.321. The van der Waals surface area contributed by atoms with Crippen molar-refractivity contribution in [2.24, 2.45) is 0 Å². The second-order valence-electron chi connectivity index (χ2n) is 5.22. The van der Waals surface area contributed by atoms with Gasteiger partial charge in [-0.15, -0.1) is 11.3 Å². The quantitative estimate of drug-likeness (QED) is 0.775. The van der Waals surface area contributed by atoms with E-state index in [2.05, 4.69) is 15.6 Å². The van der Waals surface area contributed by atoms with Gasteiger partial charge < -0.3 is 15.7 Å². The largest absolute Gasteiger partial charge is 0.481 e. The molecule has 1 saturated carbocycles. The highest BCUT2D eigenvalue weighted by Gasteiger charge is 2.37. The van der Waals surface area contributed by atoms with Gasteiger partial charge in [0.15, 0.2) is 0 Å². The van der Waals surface area contributed by atoms with E-state index in [4.69, 9.17) is 5.11 Å². The third-order valence-corrected chi connectivity index (χ3v) is 4.35. The molecule has 0 radical (unpaired) electrons. The van der Waals surface area contributed by atoms with Crippen molar-refractivity contribution in [1.29, 1.82) is 0 Å². The van der Waals surface area contributed by atoms with E-state index in [0.717, 1.165) is 36.4 Å². The average molecular weight is 297 g/mol. The topological polar surface area (TPSA) is 91.3 Å². The minimum absolute atomic E-state index is 0.0176. The number of aryl methyl sites for hydroxylation is 1. The van der Waals surface area contributed by atoms with Gasteiger partial charge in [-0.1, -0.05) is 12.8 Å². The summed E-state index contributed by atoms with van der Waals surface area (Å²) in [6.45, 7) is 2.27. The van der Waals surface area contributed by atoms with E-state index in [1.54, 1.807) is 0 Å². The first-order valence-corrected chi connectivity index (χ1v) is 7.56. The Bertz CT molecular complexity index is 495. The van der Waals surface area contributed by atoms with Crippen LogP contribution in [0.15, 0.2) is 5.38 Å². The summed E-state index contributed by atoms with van der Waals surface area (Å²) in [5.41, 5.74) is 0.231. The molecule has 1 aliphatic rings. The van der Waals surface area contributed by atoms with Crippen molar-refractivity contribution in [2.45, 2.75) is 51.1 Å². The van der Waals surface area contributed by atoms with Gasteiger partial charge in [0, 0.05) is 5.38 Å². The van der Waals surface area contributed by atoms with Gasteiger partial charge >= 0.3 is 12.0 Å². The van der Waals surface area contributed by atoms with Crippen molar-refractivity contribution >= 4 is 23.3 Å². The van der Waals surface area contributed by atoms with E-state index in [0.29, 0.717) is 6.54 Å². The number of nitrogens with zero attached hydrogens (tertiary/aromatic N) is 1. The standard InChI is InChI=1S/C13H19N3O3S/c1-9-15-10(8-20-9)7-14-12(19)16-13(6-11(17)18)4-2-3-5-13/h8H,2-7H2,1H3,(H,17,18)(H2,14,16,19). The molecule has 0 bridgehead atoms. The number of thiazole rings is 1. The summed E-state index contributed by atoms with van der Waals surface area (Å²) in [6.07, 6.45) is 3.35. The molecule has 1 fully saturated rings. The molecule has 1 aliphatic carbocycles. The number of hydrogen-bond acceptors (Lipinski definition) is 4. The van der Waals surface area contributed by atoms with Crippen LogP contribution in [0.4, 0.5) is 4.79 Å². The molecule has 110 valence electrons. The molecular weight excluding hydrogens is 278 g/mol. The van der Waals surface area contributed by atoms with Crippen molar-refractivity contribution < 1.29 is 14.7 Å². The Morgan fingerprint density at radius 3 is 2.70 bits per heavy atom. The number of carboxylic acid groups (broad SMARTS) is 1. The first-order valence-electron chi connectivity index (χ1n) is 6.68. The Balaban J connectivity index is 1.87. The maximum atomic E-state index is 11.9. The molecule has 1 aromatic rings. The predicted molar refractivity (Wildman–Crippen MR) is 75.7 cm³/mol. The van der Waals surface area contributed by atoms with Crippen molar-refractivity contribution in [3.63, 3.8) is 0 Å². The highest BCUT2D eigenvalue weighted by Crippen LogP contribution is 2.32. The van der Waals surface area contributed by atoms with Crippen LogP contribution in [0.3, 0.4) is 0 Å². The molecule has 7 heteroatoms. The van der Waals surface area contributed by atoms with Crippen LogP contribution in [0.1, 0.15) is 42.8 Å². The number of hydrogen-bond donors (Lipinski definition) is 3. The molecule has 0 aliphatic heterocycles. The fourth-order valence-corrected chi connectivity index (χ4v) is 3.25. The lowest BCUT2D eigenvalue weighted by molar-refractivity contribution is -0.138. The van der Waals surface area contributed by atoms with Crippen LogP contribution in [-0.2, 0) is 11.3 Å². The number of rotatable bonds is 5. The molecule has 3 N–H and O–H groups in total. The lowest BCUT2D eigenvalue weighted by Crippen LogP contribution is -2.51. The Kier molecular flexibility index (Phi) is 4.59. The molecule has 20 heavy (non-hydrogen) atoms. The number of urea groups is 1. The van der Waals surface area contributed by atoms with Crippen LogP contribution < -0.4 is 10.6 Å². The van der Waals surface area contributed by atoms with Crippen LogP contribution in [0.5, 0.6) is 0 Å². The summed E-state index contributed by atoms with van der Waals surface area (Å²) >= 11 is 1.54. The molecule has 2 rings (SSSR count). The molecule has 2 amide bonds. The summed E-state index contributed by atoms with van der Waals surface area (Å²) in [5.74, 6) is -0.873. The molecule has 0 aromatic carbocycles. The average Bonchev–Trinajstić information content (AvgIpc) is 2.95.